The molecule has 3 fully saturated rings. The van der Waals surface area contributed by atoms with Crippen LogP contribution >= 0.6 is 24.0 Å². The first-order valence-electron chi connectivity index (χ1n) is 9.15. The van der Waals surface area contributed by atoms with Gasteiger partial charge in [-0.05, 0) is 31.6 Å². The summed E-state index contributed by atoms with van der Waals surface area (Å²) in [6.45, 7) is 5.66. The summed E-state index contributed by atoms with van der Waals surface area (Å²) in [5.41, 5.74) is 6.33. The van der Waals surface area contributed by atoms with Crippen molar-refractivity contribution in [3.63, 3.8) is 0 Å². The van der Waals surface area contributed by atoms with E-state index in [1.807, 2.05) is 0 Å². The Kier molecular flexibility index (Phi) is 7.88. The van der Waals surface area contributed by atoms with E-state index in [0.29, 0.717) is 5.96 Å². The van der Waals surface area contributed by atoms with E-state index in [-0.39, 0.29) is 29.5 Å². The van der Waals surface area contributed by atoms with Gasteiger partial charge in [-0.15, -0.1) is 24.0 Å². The highest BCUT2D eigenvalue weighted by Gasteiger charge is 2.38. The first-order chi connectivity index (χ1) is 10.8. The molecule has 1 aliphatic heterocycles. The third-order valence-corrected chi connectivity index (χ3v) is 5.81. The van der Waals surface area contributed by atoms with Gasteiger partial charge in [-0.2, -0.15) is 0 Å². The molecule has 0 aromatic carbocycles. The lowest BCUT2D eigenvalue weighted by Crippen LogP contribution is -2.56. The maximum atomic E-state index is 6.10. The minimum atomic E-state index is 0. The number of guanidine groups is 1. The molecular weight excluding hydrogens is 403 g/mol. The van der Waals surface area contributed by atoms with Gasteiger partial charge >= 0.3 is 0 Å². The first-order valence-corrected chi connectivity index (χ1v) is 9.15. The summed E-state index contributed by atoms with van der Waals surface area (Å²) >= 11 is 0. The monoisotopic (exact) mass is 436 g/mol. The van der Waals surface area contributed by atoms with E-state index in [0.717, 1.165) is 45.3 Å². The average molecular weight is 436 g/mol. The Balaban J connectivity index is 0.00000192. The van der Waals surface area contributed by atoms with E-state index in [9.17, 15) is 0 Å². The zero-order chi connectivity index (χ0) is 15.3. The lowest BCUT2D eigenvalue weighted by Gasteiger charge is -2.47. The van der Waals surface area contributed by atoms with Crippen molar-refractivity contribution in [3.8, 4) is 0 Å². The molecule has 1 saturated heterocycles. The van der Waals surface area contributed by atoms with Crippen LogP contribution in [0.15, 0.2) is 4.99 Å². The van der Waals surface area contributed by atoms with Crippen molar-refractivity contribution >= 4 is 29.9 Å². The second kappa shape index (κ2) is 9.42. The number of rotatable bonds is 5. The molecular formula is C17H33IN4O. The average Bonchev–Trinajstić information content (AvgIpc) is 2.53. The van der Waals surface area contributed by atoms with E-state index in [2.05, 4.69) is 10.2 Å². The second-order valence-electron chi connectivity index (χ2n) is 7.26. The van der Waals surface area contributed by atoms with Crippen LogP contribution in [0.3, 0.4) is 0 Å². The number of nitrogens with zero attached hydrogens (tertiary/aromatic N) is 2. The first kappa shape index (κ1) is 19.2. The fraction of sp³-hybridized carbons (Fsp3) is 0.941. The lowest BCUT2D eigenvalue weighted by atomic mass is 9.80. The summed E-state index contributed by atoms with van der Waals surface area (Å²) in [5, 5.41) is 3.33. The van der Waals surface area contributed by atoms with Crippen molar-refractivity contribution in [1.29, 1.82) is 0 Å². The molecule has 6 heteroatoms. The predicted octanol–water partition coefficient (Wildman–Crippen LogP) is 2.34. The summed E-state index contributed by atoms with van der Waals surface area (Å²) in [6.07, 6.45) is 10.6. The molecule has 5 nitrogen and oxygen atoms in total. The SMILES string of the molecule is I.NC(=NCC1(N2CCOCC2)CCCCC1)NCC1CCC1. The van der Waals surface area contributed by atoms with Crippen molar-refractivity contribution < 1.29 is 4.74 Å². The summed E-state index contributed by atoms with van der Waals surface area (Å²) in [6, 6.07) is 0. The van der Waals surface area contributed by atoms with E-state index in [1.54, 1.807) is 0 Å². The van der Waals surface area contributed by atoms with Crippen molar-refractivity contribution in [1.82, 2.24) is 10.2 Å². The summed E-state index contributed by atoms with van der Waals surface area (Å²) in [5.74, 6) is 1.46. The van der Waals surface area contributed by atoms with Crippen LogP contribution in [0.2, 0.25) is 0 Å². The van der Waals surface area contributed by atoms with Crippen LogP contribution < -0.4 is 11.1 Å². The van der Waals surface area contributed by atoms with Gasteiger partial charge in [0.15, 0.2) is 5.96 Å². The summed E-state index contributed by atoms with van der Waals surface area (Å²) < 4.78 is 5.53. The minimum absolute atomic E-state index is 0. The molecule has 0 amide bonds. The van der Waals surface area contributed by atoms with Gasteiger partial charge in [0.25, 0.3) is 0 Å². The molecule has 0 unspecified atom stereocenters. The zero-order valence-electron chi connectivity index (χ0n) is 14.3. The molecule has 3 aliphatic rings. The van der Waals surface area contributed by atoms with Gasteiger partial charge in [0.1, 0.15) is 0 Å². The van der Waals surface area contributed by atoms with Crippen LogP contribution in [0.1, 0.15) is 51.4 Å². The number of morpholine rings is 1. The fourth-order valence-corrected chi connectivity index (χ4v) is 4.06. The van der Waals surface area contributed by atoms with Crippen molar-refractivity contribution in [2.45, 2.75) is 56.9 Å². The highest BCUT2D eigenvalue weighted by Crippen LogP contribution is 2.34. The molecule has 0 atom stereocenters. The van der Waals surface area contributed by atoms with Crippen molar-refractivity contribution in [3.05, 3.63) is 0 Å². The van der Waals surface area contributed by atoms with Crippen LogP contribution in [0.25, 0.3) is 0 Å². The lowest BCUT2D eigenvalue weighted by molar-refractivity contribution is -0.0333. The molecule has 23 heavy (non-hydrogen) atoms. The van der Waals surface area contributed by atoms with E-state index >= 15 is 0 Å². The van der Waals surface area contributed by atoms with Gasteiger partial charge in [-0.3, -0.25) is 9.89 Å². The minimum Gasteiger partial charge on any atom is -0.379 e. The number of aliphatic imine (C=N–C) groups is 1. The van der Waals surface area contributed by atoms with Gasteiger partial charge in [0, 0.05) is 25.2 Å². The number of hydrogen-bond acceptors (Lipinski definition) is 3. The fourth-order valence-electron chi connectivity index (χ4n) is 4.06. The van der Waals surface area contributed by atoms with Gasteiger partial charge < -0.3 is 15.8 Å². The largest absolute Gasteiger partial charge is 0.379 e. The molecule has 0 spiro atoms. The summed E-state index contributed by atoms with van der Waals surface area (Å²) in [7, 11) is 0. The molecule has 0 aromatic rings. The van der Waals surface area contributed by atoms with Crippen molar-refractivity contribution in [2.24, 2.45) is 16.6 Å². The smallest absolute Gasteiger partial charge is 0.188 e. The number of nitrogens with one attached hydrogen (secondary N) is 1. The van der Waals surface area contributed by atoms with Crippen molar-refractivity contribution in [2.75, 3.05) is 39.4 Å². The maximum Gasteiger partial charge on any atom is 0.188 e. The molecule has 1 heterocycles. The molecule has 3 N–H and O–H groups in total. The quantitative estimate of drug-likeness (QED) is 0.395. The van der Waals surface area contributed by atoms with Gasteiger partial charge in [0.2, 0.25) is 0 Å². The maximum absolute atomic E-state index is 6.10. The van der Waals surface area contributed by atoms with Crippen LogP contribution in [0, 0.1) is 5.92 Å². The third-order valence-electron chi connectivity index (χ3n) is 5.81. The standard InChI is InChI=1S/C17H32N4O.HI/c18-16(19-13-15-5-4-6-15)20-14-17(7-2-1-3-8-17)21-9-11-22-12-10-21;/h15H,1-14H2,(H3,18,19,20);1H. The zero-order valence-corrected chi connectivity index (χ0v) is 16.6. The Bertz CT molecular complexity index is 375. The topological polar surface area (TPSA) is 62.9 Å². The van der Waals surface area contributed by atoms with Crippen LogP contribution in [-0.4, -0.2) is 55.8 Å². The molecule has 2 saturated carbocycles. The predicted molar refractivity (Wildman–Crippen MR) is 105 cm³/mol. The van der Waals surface area contributed by atoms with E-state index in [4.69, 9.17) is 15.5 Å². The second-order valence-corrected chi connectivity index (χ2v) is 7.26. The molecule has 2 aliphatic carbocycles. The molecule has 3 rings (SSSR count). The normalized spacial score (nSPS) is 26.2. The van der Waals surface area contributed by atoms with Crippen LogP contribution in [-0.2, 0) is 4.74 Å². The van der Waals surface area contributed by atoms with Gasteiger partial charge in [-0.25, -0.2) is 0 Å². The van der Waals surface area contributed by atoms with Crippen LogP contribution in [0.4, 0.5) is 0 Å². The molecule has 134 valence electrons. The summed E-state index contributed by atoms with van der Waals surface area (Å²) in [4.78, 5) is 7.35. The number of hydrogen-bond donors (Lipinski definition) is 2. The van der Waals surface area contributed by atoms with E-state index in [1.165, 1.54) is 51.4 Å². The highest BCUT2D eigenvalue weighted by atomic mass is 127. The Morgan fingerprint density at radius 2 is 1.83 bits per heavy atom. The molecule has 0 aromatic heterocycles. The van der Waals surface area contributed by atoms with Crippen LogP contribution in [0.5, 0.6) is 0 Å². The third kappa shape index (κ3) is 5.19. The number of ether oxygens (including phenoxy) is 1. The number of halogens is 1. The Morgan fingerprint density at radius 1 is 1.13 bits per heavy atom. The highest BCUT2D eigenvalue weighted by molar-refractivity contribution is 14.0. The van der Waals surface area contributed by atoms with Gasteiger partial charge in [-0.1, -0.05) is 25.7 Å². The molecule has 0 bridgehead atoms. The Labute approximate surface area is 157 Å². The Hall–Kier alpha value is -0.0800. The molecule has 0 radical (unpaired) electrons. The van der Waals surface area contributed by atoms with Gasteiger partial charge in [0.05, 0.1) is 19.8 Å². The Morgan fingerprint density at radius 3 is 2.43 bits per heavy atom. The number of nitrogens with two attached hydrogens (primary N) is 1. The van der Waals surface area contributed by atoms with E-state index < -0.39 is 0 Å².